The van der Waals surface area contributed by atoms with Crippen LogP contribution < -0.4 is 19.5 Å². The van der Waals surface area contributed by atoms with E-state index in [2.05, 4.69) is 5.32 Å². The van der Waals surface area contributed by atoms with Gasteiger partial charge in [-0.3, -0.25) is 4.79 Å². The minimum atomic E-state index is -3.79. The maximum absolute atomic E-state index is 12.7. The number of methoxy groups -OCH3 is 1. The molecule has 29 heavy (non-hydrogen) atoms. The van der Waals surface area contributed by atoms with Crippen molar-refractivity contribution in [3.8, 4) is 17.2 Å². The molecule has 1 aliphatic heterocycles. The highest BCUT2D eigenvalue weighted by Gasteiger charge is 2.24. The Morgan fingerprint density at radius 3 is 2.45 bits per heavy atom. The van der Waals surface area contributed by atoms with Crippen LogP contribution in [0.5, 0.6) is 17.2 Å². The first-order chi connectivity index (χ1) is 13.8. The van der Waals surface area contributed by atoms with Gasteiger partial charge in [-0.25, -0.2) is 8.42 Å². The number of amides is 1. The van der Waals surface area contributed by atoms with Crippen molar-refractivity contribution in [1.82, 2.24) is 9.62 Å². The number of fused-ring (bicyclic) bond motifs is 1. The second kappa shape index (κ2) is 8.71. The lowest BCUT2D eigenvalue weighted by Crippen LogP contribution is -2.39. The van der Waals surface area contributed by atoms with E-state index in [4.69, 9.17) is 14.2 Å². The molecule has 1 heterocycles. The molecule has 0 radical (unpaired) electrons. The molecule has 2 aromatic rings. The van der Waals surface area contributed by atoms with Crippen molar-refractivity contribution in [3.63, 3.8) is 0 Å². The van der Waals surface area contributed by atoms with Crippen molar-refractivity contribution in [2.45, 2.75) is 17.9 Å². The van der Waals surface area contributed by atoms with Gasteiger partial charge in [0.05, 0.1) is 24.6 Å². The number of hydrogen-bond acceptors (Lipinski definition) is 6. The number of hydrogen-bond donors (Lipinski definition) is 1. The molecule has 0 bridgehead atoms. The topological polar surface area (TPSA) is 94.2 Å². The number of nitrogens with one attached hydrogen (secondary N) is 1. The summed E-state index contributed by atoms with van der Waals surface area (Å²) in [5.74, 6) is 1.45. The predicted molar refractivity (Wildman–Crippen MR) is 107 cm³/mol. The molecule has 0 aromatic heterocycles. The molecule has 0 spiro atoms. The lowest BCUT2D eigenvalue weighted by molar-refractivity contribution is -0.121. The van der Waals surface area contributed by atoms with Crippen LogP contribution in [0.1, 0.15) is 18.5 Å². The van der Waals surface area contributed by atoms with Crippen molar-refractivity contribution in [2.75, 3.05) is 33.9 Å². The highest BCUT2D eigenvalue weighted by atomic mass is 32.2. The molecule has 1 atom stereocenters. The lowest BCUT2D eigenvalue weighted by atomic mass is 10.1. The van der Waals surface area contributed by atoms with E-state index in [0.29, 0.717) is 30.5 Å². The fourth-order valence-corrected chi connectivity index (χ4v) is 4.04. The van der Waals surface area contributed by atoms with Crippen molar-refractivity contribution in [1.29, 1.82) is 0 Å². The molecule has 1 unspecified atom stereocenters. The van der Waals surface area contributed by atoms with Crippen molar-refractivity contribution < 1.29 is 27.4 Å². The Labute approximate surface area is 170 Å². The van der Waals surface area contributed by atoms with Crippen molar-refractivity contribution in [2.24, 2.45) is 0 Å². The summed E-state index contributed by atoms with van der Waals surface area (Å²) in [6.45, 7) is 2.50. The first-order valence-electron chi connectivity index (χ1n) is 9.10. The zero-order chi connectivity index (χ0) is 21.0. The maximum Gasteiger partial charge on any atom is 0.243 e. The molecule has 0 fully saturated rings. The van der Waals surface area contributed by atoms with E-state index in [0.717, 1.165) is 9.87 Å². The Bertz CT molecular complexity index is 975. The summed E-state index contributed by atoms with van der Waals surface area (Å²) in [5.41, 5.74) is 0.836. The average molecular weight is 420 g/mol. The number of likely N-dealkylation sites (N-methyl/N-ethyl adjacent to an activating group) is 1. The third-order valence-corrected chi connectivity index (χ3v) is 6.40. The molecular formula is C20H24N2O6S. The number of nitrogens with zero attached hydrogens (tertiary/aromatic N) is 1. The summed E-state index contributed by atoms with van der Waals surface area (Å²) in [5, 5.41) is 2.81. The number of sulfonamides is 1. The van der Waals surface area contributed by atoms with Crippen LogP contribution in [0.15, 0.2) is 47.4 Å². The summed E-state index contributed by atoms with van der Waals surface area (Å²) in [6.07, 6.45) is 0. The van der Waals surface area contributed by atoms with E-state index in [1.54, 1.807) is 18.2 Å². The molecule has 8 nitrogen and oxygen atoms in total. The quantitative estimate of drug-likeness (QED) is 0.736. The monoisotopic (exact) mass is 420 g/mol. The Morgan fingerprint density at radius 2 is 1.79 bits per heavy atom. The van der Waals surface area contributed by atoms with Gasteiger partial charge in [0.15, 0.2) is 11.5 Å². The summed E-state index contributed by atoms with van der Waals surface area (Å²) in [7, 11) is -0.919. The molecule has 1 amide bonds. The van der Waals surface area contributed by atoms with Gasteiger partial charge in [0, 0.05) is 7.05 Å². The Hall–Kier alpha value is -2.78. The minimum Gasteiger partial charge on any atom is -0.497 e. The van der Waals surface area contributed by atoms with Crippen LogP contribution >= 0.6 is 0 Å². The van der Waals surface area contributed by atoms with Crippen LogP contribution in [0.2, 0.25) is 0 Å². The number of carbonyl (C=O) groups is 1. The Kier molecular flexibility index (Phi) is 6.29. The van der Waals surface area contributed by atoms with Gasteiger partial charge >= 0.3 is 0 Å². The molecule has 9 heteroatoms. The molecular weight excluding hydrogens is 396 g/mol. The lowest BCUT2D eigenvalue weighted by Gasteiger charge is -2.22. The molecule has 3 rings (SSSR count). The van der Waals surface area contributed by atoms with Crippen LogP contribution in [0, 0.1) is 0 Å². The first kappa shape index (κ1) is 20.9. The van der Waals surface area contributed by atoms with E-state index < -0.39 is 15.9 Å². The van der Waals surface area contributed by atoms with Gasteiger partial charge in [-0.2, -0.15) is 4.31 Å². The highest BCUT2D eigenvalue weighted by Crippen LogP contribution is 2.32. The normalized spacial score (nSPS) is 14.3. The second-order valence-corrected chi connectivity index (χ2v) is 8.67. The second-order valence-electron chi connectivity index (χ2n) is 6.63. The molecule has 0 aliphatic carbocycles. The highest BCUT2D eigenvalue weighted by molar-refractivity contribution is 7.89. The van der Waals surface area contributed by atoms with E-state index >= 15 is 0 Å². The van der Waals surface area contributed by atoms with Crippen LogP contribution in [0.25, 0.3) is 0 Å². The zero-order valence-corrected chi connectivity index (χ0v) is 17.4. The fourth-order valence-electron chi connectivity index (χ4n) is 2.91. The minimum absolute atomic E-state index is 0.0912. The van der Waals surface area contributed by atoms with Gasteiger partial charge in [0.25, 0.3) is 0 Å². The maximum atomic E-state index is 12.7. The fraction of sp³-hybridized carbons (Fsp3) is 0.350. The summed E-state index contributed by atoms with van der Waals surface area (Å²) in [4.78, 5) is 12.5. The Balaban J connectivity index is 1.63. The third-order valence-electron chi connectivity index (χ3n) is 4.58. The standard InChI is InChI=1S/C20H24N2O6S/c1-14(15-4-9-18-19(12-15)28-11-10-27-18)21-20(23)13-22(2)29(24,25)17-7-5-16(26-3)6-8-17/h4-9,12,14H,10-11,13H2,1-3H3,(H,21,23). The van der Waals surface area contributed by atoms with Gasteiger partial charge in [-0.15, -0.1) is 0 Å². The van der Waals surface area contributed by atoms with E-state index in [9.17, 15) is 13.2 Å². The average Bonchev–Trinajstić information content (AvgIpc) is 2.73. The molecule has 2 aromatic carbocycles. The molecule has 1 aliphatic rings. The number of ether oxygens (including phenoxy) is 3. The van der Waals surface area contributed by atoms with Crippen molar-refractivity contribution >= 4 is 15.9 Å². The molecule has 0 saturated carbocycles. The largest absolute Gasteiger partial charge is 0.497 e. The van der Waals surface area contributed by atoms with Gasteiger partial charge < -0.3 is 19.5 Å². The van der Waals surface area contributed by atoms with Gasteiger partial charge in [0.2, 0.25) is 15.9 Å². The van der Waals surface area contributed by atoms with Crippen LogP contribution in [-0.2, 0) is 14.8 Å². The van der Waals surface area contributed by atoms with Crippen LogP contribution in [0.4, 0.5) is 0 Å². The number of rotatable bonds is 7. The Morgan fingerprint density at radius 1 is 1.14 bits per heavy atom. The number of benzene rings is 2. The molecule has 1 N–H and O–H groups in total. The van der Waals surface area contributed by atoms with E-state index in [1.165, 1.54) is 26.3 Å². The van der Waals surface area contributed by atoms with E-state index in [-0.39, 0.29) is 17.5 Å². The molecule has 0 saturated heterocycles. The smallest absolute Gasteiger partial charge is 0.243 e. The zero-order valence-electron chi connectivity index (χ0n) is 16.5. The first-order valence-corrected chi connectivity index (χ1v) is 10.5. The molecule has 156 valence electrons. The van der Waals surface area contributed by atoms with Crippen LogP contribution in [-0.4, -0.2) is 52.5 Å². The summed E-state index contributed by atoms with van der Waals surface area (Å²) in [6, 6.07) is 11.1. The third kappa shape index (κ3) is 4.80. The van der Waals surface area contributed by atoms with Gasteiger partial charge in [-0.05, 0) is 48.9 Å². The van der Waals surface area contributed by atoms with Crippen LogP contribution in [0.3, 0.4) is 0 Å². The summed E-state index contributed by atoms with van der Waals surface area (Å²) < 4.78 is 42.4. The predicted octanol–water partition coefficient (Wildman–Crippen LogP) is 1.96. The number of carbonyl (C=O) groups excluding carboxylic acids is 1. The van der Waals surface area contributed by atoms with E-state index in [1.807, 2.05) is 19.1 Å². The van der Waals surface area contributed by atoms with Crippen molar-refractivity contribution in [3.05, 3.63) is 48.0 Å². The van der Waals surface area contributed by atoms with Gasteiger partial charge in [0.1, 0.15) is 19.0 Å². The van der Waals surface area contributed by atoms with Gasteiger partial charge in [-0.1, -0.05) is 6.07 Å². The SMILES string of the molecule is COc1ccc(S(=O)(=O)N(C)CC(=O)NC(C)c2ccc3c(c2)OCCO3)cc1. The summed E-state index contributed by atoms with van der Waals surface area (Å²) >= 11 is 0.